The summed E-state index contributed by atoms with van der Waals surface area (Å²) in [5.74, 6) is 0.722. The quantitative estimate of drug-likeness (QED) is 0.441. The predicted molar refractivity (Wildman–Crippen MR) is 38.0 cm³/mol. The molecule has 0 radical (unpaired) electrons. The fourth-order valence-electron chi connectivity index (χ4n) is 0. The van der Waals surface area contributed by atoms with Crippen LogP contribution in [-0.4, -0.2) is 16.6 Å². The summed E-state index contributed by atoms with van der Waals surface area (Å²) >= 11 is 13.0. The molecule has 0 saturated carbocycles. The summed E-state index contributed by atoms with van der Waals surface area (Å²) in [5.41, 5.74) is 0. The lowest BCUT2D eigenvalue weighted by molar-refractivity contribution is -0.170. The van der Waals surface area contributed by atoms with Gasteiger partial charge >= 0.3 is 10.8 Å². The van der Waals surface area contributed by atoms with Crippen molar-refractivity contribution in [2.45, 2.75) is 17.7 Å². The Morgan fingerprint density at radius 1 is 1.09 bits per heavy atom. The summed E-state index contributed by atoms with van der Waals surface area (Å²) in [7, 11) is 0. The normalized spacial score (nSPS) is 12.0. The van der Waals surface area contributed by atoms with Crippen LogP contribution in [0.3, 0.4) is 0 Å². The van der Waals surface area contributed by atoms with Gasteiger partial charge in [0.05, 0.1) is 0 Å². The summed E-state index contributed by atoms with van der Waals surface area (Å²) in [5, 5.41) is 0. The van der Waals surface area contributed by atoms with E-state index in [-0.39, 0.29) is 0 Å². The molecule has 0 aromatic rings. The number of rotatable bonds is 0. The van der Waals surface area contributed by atoms with Gasteiger partial charge in [-0.15, -0.1) is 11.6 Å². The molecule has 0 aliphatic heterocycles. The first kappa shape index (κ1) is 14.1. The fraction of sp³-hybridized carbons (Fsp3) is 1.00. The van der Waals surface area contributed by atoms with E-state index in [0.717, 1.165) is 5.88 Å². The van der Waals surface area contributed by atoms with Gasteiger partial charge in [-0.05, 0) is 0 Å². The van der Waals surface area contributed by atoms with Gasteiger partial charge in [0.15, 0.2) is 0 Å². The third-order valence-corrected chi connectivity index (χ3v) is 0.750. The van der Waals surface area contributed by atoms with Crippen molar-refractivity contribution >= 4 is 34.8 Å². The minimum atomic E-state index is -5.20. The minimum Gasteiger partial charge on any atom is -0.198 e. The van der Waals surface area contributed by atoms with E-state index in [9.17, 15) is 17.6 Å². The Bertz CT molecular complexity index is 82.5. The second-order valence-electron chi connectivity index (χ2n) is 1.26. The monoisotopic (exact) mass is 234 g/mol. The Morgan fingerprint density at radius 2 is 1.18 bits per heavy atom. The van der Waals surface area contributed by atoms with Crippen molar-refractivity contribution in [3.05, 3.63) is 0 Å². The number of hydrogen-bond acceptors (Lipinski definition) is 0. The molecule has 0 aromatic carbocycles. The highest BCUT2D eigenvalue weighted by Gasteiger charge is 2.53. The van der Waals surface area contributed by atoms with Gasteiger partial charge in [-0.25, -0.2) is 0 Å². The van der Waals surface area contributed by atoms with Crippen LogP contribution >= 0.6 is 34.8 Å². The van der Waals surface area contributed by atoms with Crippen LogP contribution in [0.4, 0.5) is 17.6 Å². The molecule has 0 bridgehead atoms. The molecule has 0 spiro atoms. The molecule has 7 heteroatoms. The Labute approximate surface area is 76.4 Å². The molecule has 0 nitrogen and oxygen atoms in total. The van der Waals surface area contributed by atoms with Gasteiger partial charge in [0.2, 0.25) is 0 Å². The summed E-state index contributed by atoms with van der Waals surface area (Å²) in [6, 6.07) is 0. The van der Waals surface area contributed by atoms with E-state index in [1.807, 2.05) is 6.92 Å². The number of hydrogen-bond donors (Lipinski definition) is 0. The minimum absolute atomic E-state index is 0.722. The average Bonchev–Trinajstić information content (AvgIpc) is 1.60. The highest BCUT2D eigenvalue weighted by molar-refractivity contribution is 6.47. The largest absolute Gasteiger partial charge is 0.452 e. The molecule has 0 aromatic heterocycles. The molecule has 0 N–H and O–H groups in total. The standard InChI is InChI=1S/C2Cl2F4.C2H5Cl/c3-1(4,5)2(6,7)8;1-2-3/h;2H2,1H3. The van der Waals surface area contributed by atoms with Crippen LogP contribution in [0, 0.1) is 0 Å². The molecule has 0 atom stereocenters. The van der Waals surface area contributed by atoms with Crippen LogP contribution in [0.5, 0.6) is 0 Å². The topological polar surface area (TPSA) is 0 Å². The number of halogens is 7. The molecule has 0 aliphatic rings. The van der Waals surface area contributed by atoms with E-state index >= 15 is 0 Å². The van der Waals surface area contributed by atoms with Crippen molar-refractivity contribution in [3.8, 4) is 0 Å². The zero-order valence-electron chi connectivity index (χ0n) is 5.35. The second-order valence-corrected chi connectivity index (χ2v) is 3.03. The molecule has 0 unspecified atom stereocenters. The van der Waals surface area contributed by atoms with E-state index in [1.54, 1.807) is 0 Å². The fourth-order valence-corrected chi connectivity index (χ4v) is 0. The van der Waals surface area contributed by atoms with Crippen molar-refractivity contribution in [2.24, 2.45) is 0 Å². The van der Waals surface area contributed by atoms with Crippen molar-refractivity contribution in [3.63, 3.8) is 0 Å². The summed E-state index contributed by atoms with van der Waals surface area (Å²) in [6.45, 7) is 1.89. The molecule has 0 rings (SSSR count). The maximum Gasteiger partial charge on any atom is 0.452 e. The van der Waals surface area contributed by atoms with Gasteiger partial charge in [-0.1, -0.05) is 30.1 Å². The Hall–Kier alpha value is 0.590. The van der Waals surface area contributed by atoms with Gasteiger partial charge in [0, 0.05) is 5.88 Å². The third kappa shape index (κ3) is 8.50. The molecule has 0 amide bonds. The van der Waals surface area contributed by atoms with Crippen LogP contribution in [0.15, 0.2) is 0 Å². The molecule has 70 valence electrons. The van der Waals surface area contributed by atoms with E-state index in [0.29, 0.717) is 0 Å². The molecule has 0 fully saturated rings. The molecule has 0 heterocycles. The summed E-state index contributed by atoms with van der Waals surface area (Å²) in [6.07, 6.45) is -5.20. The van der Waals surface area contributed by atoms with E-state index in [1.165, 1.54) is 0 Å². The number of alkyl halides is 7. The zero-order chi connectivity index (χ0) is 9.71. The smallest absolute Gasteiger partial charge is 0.198 e. The van der Waals surface area contributed by atoms with Gasteiger partial charge in [0.1, 0.15) is 0 Å². The van der Waals surface area contributed by atoms with Crippen LogP contribution in [-0.2, 0) is 0 Å². The van der Waals surface area contributed by atoms with Crippen molar-refractivity contribution in [1.82, 2.24) is 0 Å². The van der Waals surface area contributed by atoms with Gasteiger partial charge in [0.25, 0.3) is 0 Å². The van der Waals surface area contributed by atoms with Gasteiger partial charge in [-0.3, -0.25) is 0 Å². The lowest BCUT2D eigenvalue weighted by Gasteiger charge is -2.11. The molecular formula is C4H5Cl3F4. The molecule has 0 saturated heterocycles. The third-order valence-electron chi connectivity index (χ3n) is 0.321. The van der Waals surface area contributed by atoms with Crippen LogP contribution in [0.2, 0.25) is 0 Å². The predicted octanol–water partition coefficient (Wildman–Crippen LogP) is 3.89. The van der Waals surface area contributed by atoms with Gasteiger partial charge in [-0.2, -0.15) is 17.6 Å². The lowest BCUT2D eigenvalue weighted by atomic mass is 10.7. The first-order valence-electron chi connectivity index (χ1n) is 2.36. The maximum absolute atomic E-state index is 11.3. The highest BCUT2D eigenvalue weighted by Crippen LogP contribution is 2.40. The Kier molecular flexibility index (Phi) is 6.78. The van der Waals surface area contributed by atoms with E-state index in [2.05, 4.69) is 23.2 Å². The first-order chi connectivity index (χ1) is 4.66. The average molecular weight is 235 g/mol. The molecule has 11 heavy (non-hydrogen) atoms. The highest BCUT2D eigenvalue weighted by atomic mass is 35.5. The zero-order valence-corrected chi connectivity index (χ0v) is 7.62. The van der Waals surface area contributed by atoms with Gasteiger partial charge < -0.3 is 0 Å². The summed E-state index contributed by atoms with van der Waals surface area (Å²) in [4.78, 5) is 0. The van der Waals surface area contributed by atoms with Crippen LogP contribution in [0.1, 0.15) is 6.92 Å². The van der Waals surface area contributed by atoms with Crippen molar-refractivity contribution in [2.75, 3.05) is 5.88 Å². The molecular weight excluding hydrogens is 230 g/mol. The Morgan fingerprint density at radius 3 is 1.18 bits per heavy atom. The van der Waals surface area contributed by atoms with Crippen LogP contribution < -0.4 is 0 Å². The lowest BCUT2D eigenvalue weighted by Crippen LogP contribution is -2.28. The molecule has 0 aliphatic carbocycles. The maximum atomic E-state index is 11.3. The first-order valence-corrected chi connectivity index (χ1v) is 3.65. The SMILES string of the molecule is CCCl.FC(F)(F)C(F)(Cl)Cl. The van der Waals surface area contributed by atoms with Crippen molar-refractivity contribution in [1.29, 1.82) is 0 Å². The summed E-state index contributed by atoms with van der Waals surface area (Å²) < 4.78 is 40.0. The van der Waals surface area contributed by atoms with E-state index in [4.69, 9.17) is 11.6 Å². The second kappa shape index (κ2) is 5.27. The van der Waals surface area contributed by atoms with Crippen LogP contribution in [0.25, 0.3) is 0 Å². The Balaban J connectivity index is 0. The van der Waals surface area contributed by atoms with Crippen molar-refractivity contribution < 1.29 is 17.6 Å². The van der Waals surface area contributed by atoms with E-state index < -0.39 is 10.8 Å².